The molecule has 1 amide bonds. The Balaban J connectivity index is 1.88. The second-order valence-electron chi connectivity index (χ2n) is 6.37. The van der Waals surface area contributed by atoms with Crippen LogP contribution in [0.4, 0.5) is 5.69 Å². The fourth-order valence-electron chi connectivity index (χ4n) is 3.70. The van der Waals surface area contributed by atoms with E-state index in [2.05, 4.69) is 5.32 Å². The third-order valence-corrected chi connectivity index (χ3v) is 4.86. The maximum Gasteiger partial charge on any atom is 0.315 e. The van der Waals surface area contributed by atoms with E-state index >= 15 is 0 Å². The van der Waals surface area contributed by atoms with E-state index in [4.69, 9.17) is 0 Å². The lowest BCUT2D eigenvalue weighted by molar-refractivity contribution is -0.386. The van der Waals surface area contributed by atoms with Crippen molar-refractivity contribution in [3.05, 3.63) is 93.0 Å². The summed E-state index contributed by atoms with van der Waals surface area (Å²) in [6, 6.07) is 18.5. The van der Waals surface area contributed by atoms with Crippen LogP contribution in [0.2, 0.25) is 0 Å². The molecule has 134 valence electrons. The number of aromatic hydroxyl groups is 1. The second kappa shape index (κ2) is 6.57. The zero-order valence-corrected chi connectivity index (χ0v) is 14.3. The molecule has 3 aromatic carbocycles. The molecule has 0 saturated carbocycles. The van der Waals surface area contributed by atoms with Crippen LogP contribution < -0.4 is 5.32 Å². The Morgan fingerprint density at radius 2 is 1.78 bits per heavy atom. The van der Waals surface area contributed by atoms with Crippen molar-refractivity contribution in [1.82, 2.24) is 5.32 Å². The lowest BCUT2D eigenvalue weighted by atomic mass is 9.99. The van der Waals surface area contributed by atoms with Gasteiger partial charge in [-0.2, -0.15) is 0 Å². The topological polar surface area (TPSA) is 92.5 Å². The molecule has 6 heteroatoms. The minimum Gasteiger partial charge on any atom is -0.502 e. The average molecular weight is 360 g/mol. The van der Waals surface area contributed by atoms with Crippen molar-refractivity contribution >= 4 is 12.1 Å². The molecule has 0 saturated heterocycles. The van der Waals surface area contributed by atoms with Crippen molar-refractivity contribution in [3.63, 3.8) is 0 Å². The molecule has 1 unspecified atom stereocenters. The van der Waals surface area contributed by atoms with Crippen molar-refractivity contribution in [3.8, 4) is 16.9 Å². The number of benzene rings is 3. The zero-order valence-electron chi connectivity index (χ0n) is 14.3. The van der Waals surface area contributed by atoms with Crippen LogP contribution in [0.15, 0.2) is 60.7 Å². The monoisotopic (exact) mass is 360 g/mol. The maximum atomic E-state index is 11.5. The summed E-state index contributed by atoms with van der Waals surface area (Å²) >= 11 is 0. The van der Waals surface area contributed by atoms with Crippen LogP contribution >= 0.6 is 0 Å². The Hall–Kier alpha value is -3.67. The van der Waals surface area contributed by atoms with Crippen molar-refractivity contribution in [2.24, 2.45) is 0 Å². The van der Waals surface area contributed by atoms with Gasteiger partial charge in [-0.05, 0) is 33.9 Å². The highest BCUT2D eigenvalue weighted by Gasteiger charge is 2.47. The highest BCUT2D eigenvalue weighted by Crippen LogP contribution is 2.60. The molecular formula is C21H16N2O4. The number of rotatable bonds is 6. The Morgan fingerprint density at radius 3 is 2.48 bits per heavy atom. The molecule has 0 aliphatic heterocycles. The summed E-state index contributed by atoms with van der Waals surface area (Å²) in [5.41, 5.74) is 4.61. The van der Waals surface area contributed by atoms with E-state index in [9.17, 15) is 20.0 Å². The van der Waals surface area contributed by atoms with Crippen LogP contribution in [-0.4, -0.2) is 16.4 Å². The minimum atomic E-state index is -0.533. The predicted octanol–water partition coefficient (Wildman–Crippen LogP) is 3.71. The summed E-state index contributed by atoms with van der Waals surface area (Å²) in [5.74, 6) is -0.602. The van der Waals surface area contributed by atoms with Gasteiger partial charge in [0.05, 0.1) is 10.5 Å². The van der Waals surface area contributed by atoms with E-state index in [-0.39, 0.29) is 17.4 Å². The highest BCUT2D eigenvalue weighted by atomic mass is 16.6. The highest BCUT2D eigenvalue weighted by molar-refractivity contribution is 5.86. The number of hydrogen-bond donors (Lipinski definition) is 2. The summed E-state index contributed by atoms with van der Waals surface area (Å²) in [5, 5.41) is 24.5. The molecule has 0 radical (unpaired) electrons. The number of phenols is 1. The summed E-state index contributed by atoms with van der Waals surface area (Å²) < 4.78 is 0. The van der Waals surface area contributed by atoms with Crippen molar-refractivity contribution < 1.29 is 14.8 Å². The van der Waals surface area contributed by atoms with Crippen LogP contribution in [0, 0.1) is 10.1 Å². The molecule has 2 N–H and O–H groups in total. The van der Waals surface area contributed by atoms with Gasteiger partial charge in [0, 0.05) is 12.5 Å². The summed E-state index contributed by atoms with van der Waals surface area (Å²) in [6.45, 7) is 0.338. The molecule has 1 aliphatic carbocycles. The van der Waals surface area contributed by atoms with E-state index in [0.717, 1.165) is 27.8 Å². The molecule has 1 atom stereocenters. The van der Waals surface area contributed by atoms with Gasteiger partial charge < -0.3 is 10.4 Å². The molecule has 6 nitrogen and oxygen atoms in total. The Morgan fingerprint density at radius 1 is 1.07 bits per heavy atom. The number of nitrogens with zero attached hydrogens (tertiary/aromatic N) is 1. The first kappa shape index (κ1) is 16.8. The fourth-order valence-corrected chi connectivity index (χ4v) is 3.70. The van der Waals surface area contributed by atoms with Crippen molar-refractivity contribution in [2.45, 2.75) is 12.5 Å². The Labute approximate surface area is 155 Å². The zero-order chi connectivity index (χ0) is 19.0. The summed E-state index contributed by atoms with van der Waals surface area (Å²) in [6.07, 6.45) is 0.625. The molecule has 27 heavy (non-hydrogen) atoms. The van der Waals surface area contributed by atoms with Crippen LogP contribution in [0.1, 0.15) is 28.2 Å². The lowest BCUT2D eigenvalue weighted by Crippen LogP contribution is -2.11. The number of carbonyl (C=O) groups excluding carboxylic acids is 1. The lowest BCUT2D eigenvalue weighted by Gasteiger charge is -2.08. The van der Waals surface area contributed by atoms with E-state index in [1.165, 1.54) is 6.07 Å². The smallest absolute Gasteiger partial charge is 0.315 e. The first-order valence-electron chi connectivity index (χ1n) is 8.48. The number of nitro benzene ring substituents is 1. The van der Waals surface area contributed by atoms with Gasteiger partial charge in [0.15, 0.2) is 5.75 Å². The van der Waals surface area contributed by atoms with Gasteiger partial charge in [0.1, 0.15) is 0 Å². The summed E-state index contributed by atoms with van der Waals surface area (Å²) in [4.78, 5) is 21.7. The SMILES string of the molecule is O=CNCc1ccccc1C1c2c(-c3ccccc3)cc(O)c([N+](=O)[O-])c21. The van der Waals surface area contributed by atoms with E-state index in [1.54, 1.807) is 0 Å². The third-order valence-electron chi connectivity index (χ3n) is 4.86. The van der Waals surface area contributed by atoms with Crippen LogP contribution in [0.25, 0.3) is 11.1 Å². The first-order chi connectivity index (χ1) is 13.1. The van der Waals surface area contributed by atoms with Crippen molar-refractivity contribution in [2.75, 3.05) is 0 Å². The molecule has 1 aliphatic rings. The molecule has 0 heterocycles. The first-order valence-corrected chi connectivity index (χ1v) is 8.48. The molecule has 0 spiro atoms. The largest absolute Gasteiger partial charge is 0.502 e. The Kier molecular flexibility index (Phi) is 4.08. The molecule has 0 aromatic heterocycles. The number of fused-ring (bicyclic) bond motifs is 1. The van der Waals surface area contributed by atoms with E-state index < -0.39 is 4.92 Å². The van der Waals surface area contributed by atoms with Crippen molar-refractivity contribution in [1.29, 1.82) is 0 Å². The number of phenolic OH excluding ortho intramolecular Hbond substituents is 1. The van der Waals surface area contributed by atoms with Gasteiger partial charge in [-0.3, -0.25) is 14.9 Å². The molecule has 0 bridgehead atoms. The Bertz CT molecular complexity index is 1050. The number of carbonyl (C=O) groups is 1. The van der Waals surface area contributed by atoms with E-state index in [1.807, 2.05) is 54.6 Å². The van der Waals surface area contributed by atoms with Gasteiger partial charge in [-0.1, -0.05) is 54.6 Å². The molecule has 3 aromatic rings. The standard InChI is InChI=1S/C21H16N2O4/c24-12-22-11-14-8-4-5-9-15(14)18-19-16(13-6-2-1-3-7-13)10-17(25)21(20(18)19)23(26)27/h1-10,12,18,25H,11H2,(H,22,24). The van der Waals surface area contributed by atoms with Crippen LogP contribution in [0.3, 0.4) is 0 Å². The number of nitrogens with one attached hydrogen (secondary N) is 1. The molecular weight excluding hydrogens is 344 g/mol. The number of nitro groups is 1. The van der Waals surface area contributed by atoms with Gasteiger partial charge in [-0.15, -0.1) is 0 Å². The van der Waals surface area contributed by atoms with Gasteiger partial charge in [0.25, 0.3) is 0 Å². The van der Waals surface area contributed by atoms with Gasteiger partial charge >= 0.3 is 5.69 Å². The fraction of sp³-hybridized carbons (Fsp3) is 0.0952. The predicted molar refractivity (Wildman–Crippen MR) is 100 cm³/mol. The second-order valence-corrected chi connectivity index (χ2v) is 6.37. The molecule has 4 rings (SSSR count). The minimum absolute atomic E-state index is 0.243. The van der Waals surface area contributed by atoms with Crippen LogP contribution in [-0.2, 0) is 11.3 Å². The summed E-state index contributed by atoms with van der Waals surface area (Å²) in [7, 11) is 0. The third kappa shape index (κ3) is 2.81. The van der Waals surface area contributed by atoms with Gasteiger partial charge in [0.2, 0.25) is 6.41 Å². The normalized spacial score (nSPS) is 14.3. The van der Waals surface area contributed by atoms with Crippen LogP contribution in [0.5, 0.6) is 5.75 Å². The number of hydrogen-bond acceptors (Lipinski definition) is 4. The average Bonchev–Trinajstić information content (AvgIpc) is 3.41. The molecule has 0 fully saturated rings. The quantitative estimate of drug-likeness (QED) is 0.311. The number of amides is 1. The van der Waals surface area contributed by atoms with E-state index in [0.29, 0.717) is 18.5 Å². The van der Waals surface area contributed by atoms with Gasteiger partial charge in [-0.25, -0.2) is 0 Å². The maximum absolute atomic E-state index is 11.5.